The van der Waals surface area contributed by atoms with Crippen molar-refractivity contribution in [1.82, 2.24) is 4.90 Å². The van der Waals surface area contributed by atoms with Gasteiger partial charge in [0.1, 0.15) is 5.78 Å². The smallest absolute Gasteiger partial charge is 0.173 e. The number of piperidine rings is 3. The van der Waals surface area contributed by atoms with Crippen LogP contribution in [0.25, 0.3) is 10.1 Å². The van der Waals surface area contributed by atoms with Crippen LogP contribution in [0.4, 0.5) is 0 Å². The fourth-order valence-corrected chi connectivity index (χ4v) is 5.94. The Morgan fingerprint density at radius 1 is 1.14 bits per heavy atom. The maximum atomic E-state index is 12.9. The van der Waals surface area contributed by atoms with Crippen LogP contribution in [0.3, 0.4) is 0 Å². The highest BCUT2D eigenvalue weighted by Crippen LogP contribution is 2.36. The Bertz CT molecular complexity index is 884. The van der Waals surface area contributed by atoms with Gasteiger partial charge in [-0.05, 0) is 66.3 Å². The molecule has 0 amide bonds. The van der Waals surface area contributed by atoms with E-state index in [0.717, 1.165) is 33.0 Å². The van der Waals surface area contributed by atoms with E-state index in [1.165, 1.54) is 25.9 Å². The molecule has 0 radical (unpaired) electrons. The lowest BCUT2D eigenvalue weighted by Gasteiger charge is -2.44. The molecule has 0 saturated carbocycles. The van der Waals surface area contributed by atoms with Crippen LogP contribution in [-0.2, 0) is 11.2 Å². The average molecular weight is 398 g/mol. The SMILES string of the molecule is CC(C)(C)CC(=O)Cc1ccc2cc(C(=O)C[C@H]3CN4CCC3CC4)sc2c1. The summed E-state index contributed by atoms with van der Waals surface area (Å²) in [6, 6.07) is 8.25. The molecule has 3 aliphatic rings. The molecule has 5 rings (SSSR count). The number of carbonyl (C=O) groups is 2. The van der Waals surface area contributed by atoms with Gasteiger partial charge in [-0.25, -0.2) is 0 Å². The van der Waals surface area contributed by atoms with Gasteiger partial charge in [0.2, 0.25) is 0 Å². The van der Waals surface area contributed by atoms with Crippen LogP contribution < -0.4 is 0 Å². The number of Topliss-reactive ketones (excluding diaryl/α,β-unsaturated/α-hetero) is 2. The van der Waals surface area contributed by atoms with Crippen molar-refractivity contribution < 1.29 is 9.59 Å². The van der Waals surface area contributed by atoms with Gasteiger partial charge in [-0.1, -0.05) is 32.9 Å². The topological polar surface area (TPSA) is 37.4 Å². The molecule has 3 nitrogen and oxygen atoms in total. The number of hydrogen-bond acceptors (Lipinski definition) is 4. The molecular formula is C24H31NO2S. The van der Waals surface area contributed by atoms with E-state index in [-0.39, 0.29) is 11.2 Å². The highest BCUT2D eigenvalue weighted by Gasteiger charge is 2.35. The molecule has 0 spiro atoms. The zero-order valence-corrected chi connectivity index (χ0v) is 18.1. The number of thiophene rings is 1. The first-order valence-electron chi connectivity index (χ1n) is 10.6. The quantitative estimate of drug-likeness (QED) is 0.616. The van der Waals surface area contributed by atoms with Gasteiger partial charge in [0.15, 0.2) is 5.78 Å². The fourth-order valence-electron chi connectivity index (χ4n) is 4.86. The predicted molar refractivity (Wildman–Crippen MR) is 116 cm³/mol. The monoisotopic (exact) mass is 397 g/mol. The molecule has 2 bridgehead atoms. The molecule has 4 heteroatoms. The standard InChI is InChI=1S/C24H31NO2S/c1-24(2,3)14-20(26)10-16-4-5-18-13-23(28-22(18)11-16)21(27)12-19-15-25-8-6-17(19)7-9-25/h4-5,11,13,17,19H,6-10,12,14-15H2,1-3H3/t19-/m0/s1. The highest BCUT2D eigenvalue weighted by molar-refractivity contribution is 7.20. The third-order valence-corrected chi connectivity index (χ3v) is 7.37. The van der Waals surface area contributed by atoms with E-state index < -0.39 is 0 Å². The first-order valence-corrected chi connectivity index (χ1v) is 11.4. The van der Waals surface area contributed by atoms with Crippen LogP contribution in [-0.4, -0.2) is 36.1 Å². The van der Waals surface area contributed by atoms with Crippen LogP contribution in [0.5, 0.6) is 0 Å². The van der Waals surface area contributed by atoms with Gasteiger partial charge in [-0.2, -0.15) is 0 Å². The molecule has 0 N–H and O–H groups in total. The summed E-state index contributed by atoms with van der Waals surface area (Å²) < 4.78 is 1.12. The first-order chi connectivity index (χ1) is 13.3. The van der Waals surface area contributed by atoms with E-state index >= 15 is 0 Å². The van der Waals surface area contributed by atoms with Crippen molar-refractivity contribution in [1.29, 1.82) is 0 Å². The average Bonchev–Trinajstić information content (AvgIpc) is 3.04. The van der Waals surface area contributed by atoms with Crippen molar-refractivity contribution in [2.24, 2.45) is 17.3 Å². The van der Waals surface area contributed by atoms with Crippen molar-refractivity contribution in [2.45, 2.75) is 52.9 Å². The molecule has 2 aromatic rings. The third-order valence-electron chi connectivity index (χ3n) is 6.23. The summed E-state index contributed by atoms with van der Waals surface area (Å²) in [6.45, 7) is 9.83. The zero-order chi connectivity index (χ0) is 19.9. The number of hydrogen-bond donors (Lipinski definition) is 0. The number of rotatable bonds is 6. The Morgan fingerprint density at radius 3 is 2.54 bits per heavy atom. The molecule has 150 valence electrons. The Morgan fingerprint density at radius 2 is 1.89 bits per heavy atom. The largest absolute Gasteiger partial charge is 0.303 e. The second-order valence-electron chi connectivity index (χ2n) is 9.96. The van der Waals surface area contributed by atoms with E-state index in [1.54, 1.807) is 11.3 Å². The van der Waals surface area contributed by atoms with Gasteiger partial charge in [0.25, 0.3) is 0 Å². The molecule has 0 unspecified atom stereocenters. The maximum Gasteiger partial charge on any atom is 0.173 e. The summed E-state index contributed by atoms with van der Waals surface area (Å²) in [5, 5.41) is 1.12. The summed E-state index contributed by atoms with van der Waals surface area (Å²) in [4.78, 5) is 28.6. The van der Waals surface area contributed by atoms with E-state index in [1.807, 2.05) is 12.1 Å². The van der Waals surface area contributed by atoms with Crippen molar-refractivity contribution in [3.63, 3.8) is 0 Å². The molecule has 3 aliphatic heterocycles. The van der Waals surface area contributed by atoms with Crippen molar-refractivity contribution in [2.75, 3.05) is 19.6 Å². The number of fused-ring (bicyclic) bond motifs is 4. The fraction of sp³-hybridized carbons (Fsp3) is 0.583. The van der Waals surface area contributed by atoms with Crippen LogP contribution in [0, 0.1) is 17.3 Å². The van der Waals surface area contributed by atoms with Gasteiger partial charge < -0.3 is 4.90 Å². The van der Waals surface area contributed by atoms with Crippen LogP contribution in [0.15, 0.2) is 24.3 Å². The number of nitrogens with zero attached hydrogens (tertiary/aromatic N) is 1. The van der Waals surface area contributed by atoms with Gasteiger partial charge in [-0.15, -0.1) is 11.3 Å². The number of ketones is 2. The normalized spacial score (nSPS) is 24.6. The van der Waals surface area contributed by atoms with E-state index in [2.05, 4.69) is 37.8 Å². The lowest BCUT2D eigenvalue weighted by atomic mass is 9.76. The van der Waals surface area contributed by atoms with Crippen molar-refractivity contribution in [3.8, 4) is 0 Å². The van der Waals surface area contributed by atoms with Gasteiger partial charge in [-0.3, -0.25) is 9.59 Å². The molecule has 1 atom stereocenters. The molecule has 3 fully saturated rings. The molecule has 28 heavy (non-hydrogen) atoms. The summed E-state index contributed by atoms with van der Waals surface area (Å²) in [5.41, 5.74) is 1.08. The second-order valence-corrected chi connectivity index (χ2v) is 11.0. The molecular weight excluding hydrogens is 366 g/mol. The minimum atomic E-state index is 0.0266. The van der Waals surface area contributed by atoms with E-state index in [0.29, 0.717) is 31.0 Å². The number of benzene rings is 1. The van der Waals surface area contributed by atoms with Crippen LogP contribution in [0.2, 0.25) is 0 Å². The van der Waals surface area contributed by atoms with Gasteiger partial charge >= 0.3 is 0 Å². The van der Waals surface area contributed by atoms with E-state index in [9.17, 15) is 9.59 Å². The lowest BCUT2D eigenvalue weighted by Crippen LogP contribution is -2.47. The van der Waals surface area contributed by atoms with Crippen LogP contribution >= 0.6 is 11.3 Å². The highest BCUT2D eigenvalue weighted by atomic mass is 32.1. The second kappa shape index (κ2) is 7.72. The van der Waals surface area contributed by atoms with Crippen molar-refractivity contribution in [3.05, 3.63) is 34.7 Å². The summed E-state index contributed by atoms with van der Waals surface area (Å²) in [6.07, 6.45) is 4.28. The first kappa shape index (κ1) is 19.8. The molecule has 1 aromatic carbocycles. The Hall–Kier alpha value is -1.52. The molecule has 0 aliphatic carbocycles. The van der Waals surface area contributed by atoms with Gasteiger partial charge in [0, 0.05) is 30.5 Å². The Labute approximate surface area is 172 Å². The zero-order valence-electron chi connectivity index (χ0n) is 17.3. The molecule has 4 heterocycles. The van der Waals surface area contributed by atoms with E-state index in [4.69, 9.17) is 0 Å². The Kier molecular flexibility index (Phi) is 5.45. The predicted octanol–water partition coefficient (Wildman–Crippen LogP) is 5.36. The minimum absolute atomic E-state index is 0.0266. The summed E-state index contributed by atoms with van der Waals surface area (Å²) in [5.74, 6) is 1.85. The minimum Gasteiger partial charge on any atom is -0.303 e. The number of carbonyl (C=O) groups excluding carboxylic acids is 2. The third kappa shape index (κ3) is 4.55. The molecule has 1 aromatic heterocycles. The molecule has 3 saturated heterocycles. The maximum absolute atomic E-state index is 12.9. The summed E-state index contributed by atoms with van der Waals surface area (Å²) >= 11 is 1.59. The summed E-state index contributed by atoms with van der Waals surface area (Å²) in [7, 11) is 0. The van der Waals surface area contributed by atoms with Crippen LogP contribution in [0.1, 0.15) is 61.7 Å². The Balaban J connectivity index is 1.44. The van der Waals surface area contributed by atoms with Gasteiger partial charge in [0.05, 0.1) is 4.88 Å². The van der Waals surface area contributed by atoms with Crippen molar-refractivity contribution >= 4 is 33.0 Å². The lowest BCUT2D eigenvalue weighted by molar-refractivity contribution is -0.120.